The number of rotatable bonds is 7. The van der Waals surface area contributed by atoms with Crippen LogP contribution in [0.2, 0.25) is 0 Å². The summed E-state index contributed by atoms with van der Waals surface area (Å²) in [5, 5.41) is 15.3. The predicted octanol–water partition coefficient (Wildman–Crippen LogP) is 4.82. The molecule has 0 bridgehead atoms. The first-order valence-electron chi connectivity index (χ1n) is 11.0. The standard InChI is InChI=1S/C26H24N6O2/c1-16(2)29-25(33)15-34-20-6-3-5-17(12-20)26-27-14-21-23(7-4-8-24(21)31-26)30-19-9-10-22-18(11-19)13-28-32-22/h3-14,16,30H,15H2,1-2H3,(H,28,32)(H,29,33). The van der Waals surface area contributed by atoms with Crippen LogP contribution >= 0.6 is 0 Å². The molecule has 0 spiro atoms. The normalized spacial score (nSPS) is 11.1. The monoisotopic (exact) mass is 452 g/mol. The third-order valence-corrected chi connectivity index (χ3v) is 5.26. The van der Waals surface area contributed by atoms with E-state index in [-0.39, 0.29) is 18.6 Å². The van der Waals surface area contributed by atoms with E-state index >= 15 is 0 Å². The van der Waals surface area contributed by atoms with Crippen molar-refractivity contribution in [2.45, 2.75) is 19.9 Å². The molecule has 3 aromatic carbocycles. The first-order chi connectivity index (χ1) is 16.5. The van der Waals surface area contributed by atoms with Gasteiger partial charge >= 0.3 is 0 Å². The summed E-state index contributed by atoms with van der Waals surface area (Å²) in [4.78, 5) is 21.2. The van der Waals surface area contributed by atoms with Crippen LogP contribution in [0.4, 0.5) is 11.4 Å². The molecule has 0 atom stereocenters. The topological polar surface area (TPSA) is 105 Å². The highest BCUT2D eigenvalue weighted by Gasteiger charge is 2.10. The van der Waals surface area contributed by atoms with Gasteiger partial charge in [-0.2, -0.15) is 5.10 Å². The van der Waals surface area contributed by atoms with E-state index in [1.54, 1.807) is 6.20 Å². The van der Waals surface area contributed by atoms with Crippen LogP contribution in [-0.2, 0) is 4.79 Å². The van der Waals surface area contributed by atoms with Crippen molar-refractivity contribution in [3.63, 3.8) is 0 Å². The van der Waals surface area contributed by atoms with Crippen LogP contribution in [0.5, 0.6) is 5.75 Å². The summed E-state index contributed by atoms with van der Waals surface area (Å²) >= 11 is 0. The van der Waals surface area contributed by atoms with Gasteiger partial charge in [0.15, 0.2) is 12.4 Å². The number of nitrogens with one attached hydrogen (secondary N) is 3. The van der Waals surface area contributed by atoms with E-state index in [0.29, 0.717) is 11.6 Å². The van der Waals surface area contributed by atoms with E-state index in [1.165, 1.54) is 0 Å². The largest absolute Gasteiger partial charge is 0.484 e. The van der Waals surface area contributed by atoms with Gasteiger partial charge in [0.05, 0.1) is 17.2 Å². The van der Waals surface area contributed by atoms with E-state index < -0.39 is 0 Å². The summed E-state index contributed by atoms with van der Waals surface area (Å²) in [5.41, 5.74) is 4.50. The molecule has 8 heteroatoms. The van der Waals surface area contributed by atoms with Gasteiger partial charge in [-0.3, -0.25) is 9.89 Å². The second kappa shape index (κ2) is 9.19. The number of amides is 1. The van der Waals surface area contributed by atoms with Crippen LogP contribution in [0.1, 0.15) is 13.8 Å². The Kier molecular flexibility index (Phi) is 5.78. The molecular formula is C26H24N6O2. The van der Waals surface area contributed by atoms with Crippen LogP contribution in [0.15, 0.2) is 73.1 Å². The van der Waals surface area contributed by atoms with Gasteiger partial charge in [-0.05, 0) is 56.3 Å². The van der Waals surface area contributed by atoms with Crippen molar-refractivity contribution >= 4 is 39.1 Å². The van der Waals surface area contributed by atoms with Crippen molar-refractivity contribution in [1.29, 1.82) is 0 Å². The molecule has 1 amide bonds. The molecule has 0 aliphatic carbocycles. The molecule has 5 aromatic rings. The van der Waals surface area contributed by atoms with Crippen molar-refractivity contribution < 1.29 is 9.53 Å². The minimum absolute atomic E-state index is 0.0418. The lowest BCUT2D eigenvalue weighted by molar-refractivity contribution is -0.123. The minimum Gasteiger partial charge on any atom is -0.484 e. The minimum atomic E-state index is -0.158. The van der Waals surface area contributed by atoms with E-state index in [1.807, 2.05) is 80.7 Å². The van der Waals surface area contributed by atoms with E-state index in [9.17, 15) is 4.79 Å². The van der Waals surface area contributed by atoms with E-state index in [0.717, 1.165) is 38.7 Å². The summed E-state index contributed by atoms with van der Waals surface area (Å²) in [6.07, 6.45) is 3.62. The second-order valence-corrected chi connectivity index (χ2v) is 8.27. The van der Waals surface area contributed by atoms with Crippen molar-refractivity contribution in [2.75, 3.05) is 11.9 Å². The zero-order valence-electron chi connectivity index (χ0n) is 18.9. The number of carbonyl (C=O) groups is 1. The zero-order valence-corrected chi connectivity index (χ0v) is 18.9. The summed E-state index contributed by atoms with van der Waals surface area (Å²) in [6.45, 7) is 3.78. The van der Waals surface area contributed by atoms with Gasteiger partial charge in [0.1, 0.15) is 5.75 Å². The number of aromatic nitrogens is 4. The van der Waals surface area contributed by atoms with Crippen LogP contribution in [0, 0.1) is 0 Å². The molecule has 8 nitrogen and oxygen atoms in total. The van der Waals surface area contributed by atoms with Crippen LogP contribution < -0.4 is 15.4 Å². The van der Waals surface area contributed by atoms with Gasteiger partial charge in [0, 0.05) is 39.9 Å². The van der Waals surface area contributed by atoms with E-state index in [4.69, 9.17) is 9.72 Å². The number of H-pyrrole nitrogens is 1. The Hall–Kier alpha value is -4.46. The fourth-order valence-electron chi connectivity index (χ4n) is 3.72. The molecule has 0 aliphatic heterocycles. The Morgan fingerprint density at radius 3 is 2.82 bits per heavy atom. The van der Waals surface area contributed by atoms with Crippen molar-refractivity contribution in [2.24, 2.45) is 0 Å². The van der Waals surface area contributed by atoms with Gasteiger partial charge in [-0.15, -0.1) is 0 Å². The third-order valence-electron chi connectivity index (χ3n) is 5.26. The second-order valence-electron chi connectivity index (χ2n) is 8.27. The molecule has 0 saturated carbocycles. The van der Waals surface area contributed by atoms with Gasteiger partial charge in [0.2, 0.25) is 0 Å². The molecule has 0 radical (unpaired) electrons. The van der Waals surface area contributed by atoms with Gasteiger partial charge in [-0.1, -0.05) is 18.2 Å². The van der Waals surface area contributed by atoms with Crippen molar-refractivity contribution in [1.82, 2.24) is 25.5 Å². The van der Waals surface area contributed by atoms with Crippen molar-refractivity contribution in [3.8, 4) is 17.1 Å². The molecular weight excluding hydrogens is 428 g/mol. The number of hydrogen-bond acceptors (Lipinski definition) is 6. The highest BCUT2D eigenvalue weighted by molar-refractivity contribution is 5.94. The fourth-order valence-corrected chi connectivity index (χ4v) is 3.72. The number of ether oxygens (including phenoxy) is 1. The highest BCUT2D eigenvalue weighted by Crippen LogP contribution is 2.29. The summed E-state index contributed by atoms with van der Waals surface area (Å²) in [5.74, 6) is 1.01. The molecule has 0 unspecified atom stereocenters. The number of nitrogens with zero attached hydrogens (tertiary/aromatic N) is 3. The Morgan fingerprint density at radius 2 is 1.94 bits per heavy atom. The quantitative estimate of drug-likeness (QED) is 0.327. The summed E-state index contributed by atoms with van der Waals surface area (Å²) in [7, 11) is 0. The number of benzene rings is 3. The summed E-state index contributed by atoms with van der Waals surface area (Å²) in [6, 6.07) is 19.5. The first-order valence-corrected chi connectivity index (χ1v) is 11.0. The first kappa shape index (κ1) is 21.4. The Morgan fingerprint density at radius 1 is 1.06 bits per heavy atom. The molecule has 2 aromatic heterocycles. The molecule has 0 aliphatic rings. The third kappa shape index (κ3) is 4.66. The van der Waals surface area contributed by atoms with Gasteiger partial charge in [-0.25, -0.2) is 9.97 Å². The highest BCUT2D eigenvalue weighted by atomic mass is 16.5. The number of hydrogen-bond donors (Lipinski definition) is 3. The molecule has 0 fully saturated rings. The van der Waals surface area contributed by atoms with Crippen molar-refractivity contribution in [3.05, 3.63) is 73.1 Å². The maximum absolute atomic E-state index is 11.9. The maximum Gasteiger partial charge on any atom is 0.258 e. The number of carbonyl (C=O) groups excluding carboxylic acids is 1. The molecule has 34 heavy (non-hydrogen) atoms. The Labute approximate surface area is 196 Å². The maximum atomic E-state index is 11.9. The number of fused-ring (bicyclic) bond motifs is 2. The Balaban J connectivity index is 1.38. The van der Waals surface area contributed by atoms with Crippen LogP contribution in [-0.4, -0.2) is 38.7 Å². The SMILES string of the molecule is CC(C)NC(=O)COc1cccc(-c2ncc3c(Nc4ccc5[nH]ncc5c4)cccc3n2)c1. The lowest BCUT2D eigenvalue weighted by atomic mass is 10.1. The number of aromatic amines is 1. The fraction of sp³-hybridized carbons (Fsp3) is 0.154. The molecule has 2 heterocycles. The molecule has 3 N–H and O–H groups in total. The lowest BCUT2D eigenvalue weighted by Gasteiger charge is -2.11. The molecule has 5 rings (SSSR count). The predicted molar refractivity (Wildman–Crippen MR) is 133 cm³/mol. The average molecular weight is 453 g/mol. The zero-order chi connectivity index (χ0) is 23.5. The Bertz CT molecular complexity index is 1480. The van der Waals surface area contributed by atoms with E-state index in [2.05, 4.69) is 25.8 Å². The average Bonchev–Trinajstić information content (AvgIpc) is 3.30. The smallest absolute Gasteiger partial charge is 0.258 e. The molecule has 170 valence electrons. The van der Waals surface area contributed by atoms with Gasteiger partial charge in [0.25, 0.3) is 5.91 Å². The summed E-state index contributed by atoms with van der Waals surface area (Å²) < 4.78 is 5.64. The lowest BCUT2D eigenvalue weighted by Crippen LogP contribution is -2.34. The number of anilines is 2. The van der Waals surface area contributed by atoms with Crippen LogP contribution in [0.25, 0.3) is 33.2 Å². The van der Waals surface area contributed by atoms with Crippen LogP contribution in [0.3, 0.4) is 0 Å². The molecule has 0 saturated heterocycles. The van der Waals surface area contributed by atoms with Gasteiger partial charge < -0.3 is 15.4 Å².